The van der Waals surface area contributed by atoms with Gasteiger partial charge >= 0.3 is 12.2 Å². The second kappa shape index (κ2) is 17.7. The summed E-state index contributed by atoms with van der Waals surface area (Å²) in [6, 6.07) is 14.1. The summed E-state index contributed by atoms with van der Waals surface area (Å²) in [6.07, 6.45) is 5.14. The summed E-state index contributed by atoms with van der Waals surface area (Å²) in [5, 5.41) is 8.26. The van der Waals surface area contributed by atoms with Crippen molar-refractivity contribution in [2.24, 2.45) is 5.92 Å². The third-order valence-corrected chi connectivity index (χ3v) is 9.71. The summed E-state index contributed by atoms with van der Waals surface area (Å²) in [6.45, 7) is 5.24. The van der Waals surface area contributed by atoms with Crippen molar-refractivity contribution in [1.82, 2.24) is 30.4 Å². The molecule has 14 nitrogen and oxygen atoms in total. The van der Waals surface area contributed by atoms with Gasteiger partial charge in [0.2, 0.25) is 17.7 Å². The number of hydrogen-bond donors (Lipinski definition) is 4. The number of aromatic nitrogens is 2. The lowest BCUT2D eigenvalue weighted by Gasteiger charge is -2.28. The Balaban J connectivity index is 1.16. The van der Waals surface area contributed by atoms with E-state index in [1.807, 2.05) is 62.4 Å². The first-order chi connectivity index (χ1) is 25.1. The quantitative estimate of drug-likeness (QED) is 0.186. The molecule has 3 heterocycles. The predicted molar refractivity (Wildman–Crippen MR) is 195 cm³/mol. The summed E-state index contributed by atoms with van der Waals surface area (Å²) in [4.78, 5) is 74.6. The zero-order valence-corrected chi connectivity index (χ0v) is 30.3. The Hall–Kier alpha value is -5.40. The summed E-state index contributed by atoms with van der Waals surface area (Å²) in [5.74, 6) is -0.123. The number of benzene rings is 2. The number of imidazole rings is 1. The molecule has 5 rings (SSSR count). The second-order valence-corrected chi connectivity index (χ2v) is 13.2. The van der Waals surface area contributed by atoms with Crippen LogP contribution >= 0.6 is 0 Å². The van der Waals surface area contributed by atoms with Gasteiger partial charge in [0.15, 0.2) is 0 Å². The Morgan fingerprint density at radius 1 is 0.808 bits per heavy atom. The van der Waals surface area contributed by atoms with Crippen molar-refractivity contribution < 1.29 is 33.4 Å². The molecule has 4 N–H and O–H groups in total. The fourth-order valence-corrected chi connectivity index (χ4v) is 6.89. The Kier molecular flexibility index (Phi) is 12.9. The number of carbonyl (C=O) groups is 5. The van der Waals surface area contributed by atoms with Gasteiger partial charge in [-0.25, -0.2) is 14.6 Å². The highest BCUT2D eigenvalue weighted by Crippen LogP contribution is 2.33. The van der Waals surface area contributed by atoms with Crippen LogP contribution in [0.3, 0.4) is 0 Å². The standard InChI is InChI=1S/C38H49N7O7/c1-5-8-29(42-37(49)51-3)35(47)44-21-19-27(23-44)34(46)40-28-17-15-25(16-18-28)24-11-13-26(14-12-24)31-22-39-33(41-31)32-10-7-20-45(32)36(48)30(9-6-2)43-38(50)52-4/h11-18,22,27,29-30,32H,5-10,19-21,23H2,1-4H3,(H,39,41)(H,40,46)(H,42,49)(H,43,50)/t27-,29+,30-,32-/m0/s1. The zero-order chi connectivity index (χ0) is 37.2. The van der Waals surface area contributed by atoms with E-state index in [0.29, 0.717) is 56.8 Å². The van der Waals surface area contributed by atoms with Gasteiger partial charge in [0.05, 0.1) is 38.1 Å². The minimum absolute atomic E-state index is 0.133. The van der Waals surface area contributed by atoms with E-state index >= 15 is 0 Å². The fourth-order valence-electron chi connectivity index (χ4n) is 6.89. The number of amides is 5. The monoisotopic (exact) mass is 715 g/mol. The number of hydrogen-bond acceptors (Lipinski definition) is 8. The molecule has 4 atom stereocenters. The van der Waals surface area contributed by atoms with Crippen LogP contribution in [0.1, 0.15) is 70.7 Å². The van der Waals surface area contributed by atoms with Gasteiger partial charge in [-0.3, -0.25) is 14.4 Å². The summed E-state index contributed by atoms with van der Waals surface area (Å²) in [7, 11) is 2.55. The molecule has 2 aliphatic rings. The van der Waals surface area contributed by atoms with Gasteiger partial charge in [-0.2, -0.15) is 0 Å². The smallest absolute Gasteiger partial charge is 0.407 e. The lowest BCUT2D eigenvalue weighted by Crippen LogP contribution is -2.48. The predicted octanol–water partition coefficient (Wildman–Crippen LogP) is 5.24. The Morgan fingerprint density at radius 3 is 1.98 bits per heavy atom. The molecule has 0 aliphatic carbocycles. The summed E-state index contributed by atoms with van der Waals surface area (Å²) in [5.41, 5.74) is 4.43. The third-order valence-electron chi connectivity index (χ3n) is 9.71. The van der Waals surface area contributed by atoms with Crippen molar-refractivity contribution in [3.8, 4) is 22.4 Å². The Morgan fingerprint density at radius 2 is 1.38 bits per heavy atom. The normalized spacial score (nSPS) is 18.0. The van der Waals surface area contributed by atoms with E-state index in [4.69, 9.17) is 4.74 Å². The molecule has 0 spiro atoms. The maximum atomic E-state index is 13.4. The number of nitrogens with one attached hydrogen (secondary N) is 4. The molecule has 5 amide bonds. The largest absolute Gasteiger partial charge is 0.453 e. The van der Waals surface area contributed by atoms with Gasteiger partial charge < -0.3 is 40.2 Å². The molecule has 0 radical (unpaired) electrons. The molecule has 2 aromatic carbocycles. The maximum Gasteiger partial charge on any atom is 0.407 e. The number of ether oxygens (including phenoxy) is 2. The molecule has 2 fully saturated rings. The van der Waals surface area contributed by atoms with Gasteiger partial charge in [0.1, 0.15) is 17.9 Å². The lowest BCUT2D eigenvalue weighted by molar-refractivity contribution is -0.135. The molecule has 0 unspecified atom stereocenters. The van der Waals surface area contributed by atoms with Crippen LogP contribution in [0.4, 0.5) is 15.3 Å². The Labute approximate surface area is 304 Å². The number of alkyl carbamates (subject to hydrolysis) is 2. The van der Waals surface area contributed by atoms with Gasteiger partial charge in [-0.15, -0.1) is 0 Å². The highest BCUT2D eigenvalue weighted by molar-refractivity contribution is 5.94. The van der Waals surface area contributed by atoms with Crippen LogP contribution in [-0.2, 0) is 23.9 Å². The van der Waals surface area contributed by atoms with Crippen LogP contribution in [0, 0.1) is 5.92 Å². The topological polar surface area (TPSA) is 175 Å². The number of anilines is 1. The first-order valence-electron chi connectivity index (χ1n) is 18.0. The zero-order valence-electron chi connectivity index (χ0n) is 30.3. The Bertz CT molecular complexity index is 1710. The number of likely N-dealkylation sites (tertiary alicyclic amines) is 2. The summed E-state index contributed by atoms with van der Waals surface area (Å²) >= 11 is 0. The van der Waals surface area contributed by atoms with Crippen LogP contribution in [0.2, 0.25) is 0 Å². The first kappa shape index (κ1) is 37.8. The number of rotatable bonds is 13. The molecule has 2 saturated heterocycles. The molecule has 3 aromatic rings. The van der Waals surface area contributed by atoms with Crippen molar-refractivity contribution >= 4 is 35.6 Å². The minimum atomic E-state index is -0.680. The second-order valence-electron chi connectivity index (χ2n) is 13.2. The molecular weight excluding hydrogens is 666 g/mol. The van der Waals surface area contributed by atoms with Crippen molar-refractivity contribution in [3.63, 3.8) is 0 Å². The van der Waals surface area contributed by atoms with E-state index in [-0.39, 0.29) is 29.7 Å². The van der Waals surface area contributed by atoms with E-state index in [1.54, 1.807) is 16.0 Å². The molecule has 52 heavy (non-hydrogen) atoms. The number of methoxy groups -OCH3 is 2. The minimum Gasteiger partial charge on any atom is -0.453 e. The van der Waals surface area contributed by atoms with Gasteiger partial charge in [0.25, 0.3) is 0 Å². The average molecular weight is 716 g/mol. The van der Waals surface area contributed by atoms with Gasteiger partial charge in [-0.1, -0.05) is 63.1 Å². The van der Waals surface area contributed by atoms with Crippen molar-refractivity contribution in [1.29, 1.82) is 0 Å². The van der Waals surface area contributed by atoms with E-state index < -0.39 is 24.3 Å². The summed E-state index contributed by atoms with van der Waals surface area (Å²) < 4.78 is 9.39. The van der Waals surface area contributed by atoms with Crippen LogP contribution in [0.15, 0.2) is 54.7 Å². The van der Waals surface area contributed by atoms with Crippen LogP contribution in [-0.4, -0.2) is 95.6 Å². The lowest BCUT2D eigenvalue weighted by atomic mass is 10.0. The first-order valence-corrected chi connectivity index (χ1v) is 18.0. The number of H-pyrrole nitrogens is 1. The molecule has 0 bridgehead atoms. The highest BCUT2D eigenvalue weighted by atomic mass is 16.5. The van der Waals surface area contributed by atoms with Crippen LogP contribution in [0.25, 0.3) is 22.4 Å². The molecule has 278 valence electrons. The van der Waals surface area contributed by atoms with E-state index in [9.17, 15) is 24.0 Å². The van der Waals surface area contributed by atoms with E-state index in [1.165, 1.54) is 14.2 Å². The van der Waals surface area contributed by atoms with Crippen LogP contribution < -0.4 is 16.0 Å². The van der Waals surface area contributed by atoms with Gasteiger partial charge in [-0.05, 0) is 60.9 Å². The third kappa shape index (κ3) is 9.09. The highest BCUT2D eigenvalue weighted by Gasteiger charge is 2.37. The van der Waals surface area contributed by atoms with Crippen molar-refractivity contribution in [2.75, 3.05) is 39.2 Å². The number of aromatic amines is 1. The molecule has 14 heteroatoms. The number of nitrogens with zero attached hydrogens (tertiary/aromatic N) is 3. The van der Waals surface area contributed by atoms with E-state index in [0.717, 1.165) is 41.6 Å². The fraction of sp³-hybridized carbons (Fsp3) is 0.474. The van der Waals surface area contributed by atoms with Crippen molar-refractivity contribution in [3.05, 3.63) is 60.6 Å². The SMILES string of the molecule is CCC[C@H](NC(=O)OC)C(=O)N1CCC[C@H]1c1ncc(-c2ccc(-c3ccc(NC(=O)[C@H]4CCN(C(=O)[C@@H](CCC)NC(=O)OC)C4)cc3)cc2)[nH]1. The van der Waals surface area contributed by atoms with Gasteiger partial charge in [0, 0.05) is 25.3 Å². The molecule has 2 aliphatic heterocycles. The van der Waals surface area contributed by atoms with E-state index in [2.05, 4.69) is 30.7 Å². The maximum absolute atomic E-state index is 13.4. The van der Waals surface area contributed by atoms with Crippen LogP contribution in [0.5, 0.6) is 0 Å². The molecular formula is C38H49N7O7. The molecule has 1 aromatic heterocycles. The molecule has 0 saturated carbocycles. The van der Waals surface area contributed by atoms with Crippen molar-refractivity contribution in [2.45, 2.75) is 76.9 Å². The number of carbonyl (C=O) groups excluding carboxylic acids is 5. The average Bonchev–Trinajstić information content (AvgIpc) is 3.96.